The van der Waals surface area contributed by atoms with E-state index in [0.717, 1.165) is 73.3 Å². The van der Waals surface area contributed by atoms with Gasteiger partial charge in [-0.1, -0.05) is 0 Å². The third-order valence-corrected chi connectivity index (χ3v) is 6.31. The average Bonchev–Trinajstić information content (AvgIpc) is 3.53. The molecule has 9 nitrogen and oxygen atoms in total. The number of hydrogen-bond acceptors (Lipinski definition) is 7. The Morgan fingerprint density at radius 3 is 2.59 bits per heavy atom. The summed E-state index contributed by atoms with van der Waals surface area (Å²) in [4.78, 5) is 11.4. The number of nitrogens with zero attached hydrogens (tertiary/aromatic N) is 7. The van der Waals surface area contributed by atoms with Gasteiger partial charge in [-0.25, -0.2) is 9.67 Å². The molecular weight excluding hydrogens is 404 g/mol. The monoisotopic (exact) mass is 430 g/mol. The zero-order valence-electron chi connectivity index (χ0n) is 17.9. The molecule has 6 heterocycles. The van der Waals surface area contributed by atoms with E-state index in [0.29, 0.717) is 19.1 Å². The molecule has 4 aromatic heterocycles. The predicted octanol–water partition coefficient (Wildman–Crippen LogP) is 2.28. The van der Waals surface area contributed by atoms with Gasteiger partial charge in [-0.05, 0) is 44.1 Å². The Kier molecular flexibility index (Phi) is 5.05. The van der Waals surface area contributed by atoms with Crippen LogP contribution in [0.25, 0.3) is 22.7 Å². The van der Waals surface area contributed by atoms with Crippen molar-refractivity contribution in [3.05, 3.63) is 54.6 Å². The molecule has 32 heavy (non-hydrogen) atoms. The summed E-state index contributed by atoms with van der Waals surface area (Å²) in [6, 6.07) is 10.2. The van der Waals surface area contributed by atoms with E-state index < -0.39 is 0 Å². The molecule has 9 heteroatoms. The zero-order chi connectivity index (χ0) is 21.3. The van der Waals surface area contributed by atoms with Crippen LogP contribution in [0.1, 0.15) is 24.5 Å². The van der Waals surface area contributed by atoms with Crippen LogP contribution in [0.4, 0.5) is 5.82 Å². The average molecular weight is 431 g/mol. The number of aromatic nitrogens is 6. The zero-order valence-corrected chi connectivity index (χ0v) is 17.9. The molecule has 2 fully saturated rings. The molecule has 0 aromatic carbocycles. The molecular formula is C23H26N8O. The second-order valence-electron chi connectivity index (χ2n) is 8.32. The first-order valence-electron chi connectivity index (χ1n) is 11.3. The number of morpholine rings is 1. The summed E-state index contributed by atoms with van der Waals surface area (Å²) < 4.78 is 9.41. The van der Waals surface area contributed by atoms with Crippen molar-refractivity contribution in [2.75, 3.05) is 44.3 Å². The van der Waals surface area contributed by atoms with E-state index >= 15 is 0 Å². The van der Waals surface area contributed by atoms with Crippen molar-refractivity contribution in [3.63, 3.8) is 0 Å². The third-order valence-electron chi connectivity index (χ3n) is 6.31. The quantitative estimate of drug-likeness (QED) is 0.532. The minimum Gasteiger partial charge on any atom is -0.378 e. The molecule has 0 radical (unpaired) electrons. The fraction of sp³-hybridized carbons (Fsp3) is 0.391. The van der Waals surface area contributed by atoms with Gasteiger partial charge in [-0.3, -0.25) is 4.98 Å². The van der Waals surface area contributed by atoms with Gasteiger partial charge in [0.05, 0.1) is 24.6 Å². The summed E-state index contributed by atoms with van der Waals surface area (Å²) in [6.45, 7) is 5.16. The van der Waals surface area contributed by atoms with Crippen molar-refractivity contribution in [3.8, 4) is 17.1 Å². The lowest BCUT2D eigenvalue weighted by molar-refractivity contribution is 0.122. The summed E-state index contributed by atoms with van der Waals surface area (Å²) in [5.41, 5.74) is 3.84. The van der Waals surface area contributed by atoms with Crippen LogP contribution in [0.5, 0.6) is 0 Å². The maximum atomic E-state index is 5.58. The van der Waals surface area contributed by atoms with Gasteiger partial charge in [0, 0.05) is 55.3 Å². The molecule has 0 amide bonds. The summed E-state index contributed by atoms with van der Waals surface area (Å²) >= 11 is 0. The van der Waals surface area contributed by atoms with Gasteiger partial charge in [0.2, 0.25) is 0 Å². The number of ether oxygens (including phenoxy) is 1. The molecule has 2 saturated heterocycles. The molecule has 0 aliphatic carbocycles. The minimum absolute atomic E-state index is 0.508. The molecule has 0 spiro atoms. The van der Waals surface area contributed by atoms with Gasteiger partial charge in [-0.15, -0.1) is 0 Å². The van der Waals surface area contributed by atoms with Crippen molar-refractivity contribution in [1.29, 1.82) is 0 Å². The van der Waals surface area contributed by atoms with Crippen LogP contribution in [0.2, 0.25) is 0 Å². The fourth-order valence-electron chi connectivity index (χ4n) is 4.55. The van der Waals surface area contributed by atoms with Gasteiger partial charge in [0.15, 0.2) is 11.5 Å². The van der Waals surface area contributed by atoms with Crippen molar-refractivity contribution in [2.24, 2.45) is 0 Å². The van der Waals surface area contributed by atoms with Gasteiger partial charge < -0.3 is 15.0 Å². The van der Waals surface area contributed by atoms with E-state index in [1.54, 1.807) is 12.4 Å². The van der Waals surface area contributed by atoms with Crippen LogP contribution in [0, 0.1) is 0 Å². The summed E-state index contributed by atoms with van der Waals surface area (Å²) in [5.74, 6) is 2.32. The summed E-state index contributed by atoms with van der Waals surface area (Å²) in [6.07, 6.45) is 7.85. The molecule has 1 N–H and O–H groups in total. The molecule has 0 unspecified atom stereocenters. The number of nitrogens with one attached hydrogen (secondary N) is 1. The highest BCUT2D eigenvalue weighted by Crippen LogP contribution is 2.27. The van der Waals surface area contributed by atoms with Gasteiger partial charge >= 0.3 is 0 Å². The Morgan fingerprint density at radius 2 is 1.78 bits per heavy atom. The van der Waals surface area contributed by atoms with E-state index in [9.17, 15) is 0 Å². The number of hydrogen-bond donors (Lipinski definition) is 1. The summed E-state index contributed by atoms with van der Waals surface area (Å²) in [5, 5.41) is 13.2. The lowest BCUT2D eigenvalue weighted by Gasteiger charge is -2.29. The maximum Gasteiger partial charge on any atom is 0.160 e. The van der Waals surface area contributed by atoms with Crippen molar-refractivity contribution in [2.45, 2.75) is 18.8 Å². The van der Waals surface area contributed by atoms with Gasteiger partial charge in [0.1, 0.15) is 5.82 Å². The van der Waals surface area contributed by atoms with Crippen LogP contribution in [0.15, 0.2) is 48.9 Å². The smallest absolute Gasteiger partial charge is 0.160 e. The number of rotatable bonds is 4. The standard InChI is InChI=1S/C23H26N8O/c1-6-24-7-2-17(1)19-5-10-30(27-19)21-16-23(29-11-13-32-14-12-29)31-22(26-21)15-20(28-31)18-3-8-25-9-4-18/h3-5,8-10,15-17,24H,1-2,6-7,11-14H2. The lowest BCUT2D eigenvalue weighted by atomic mass is 9.95. The molecule has 4 aromatic rings. The van der Waals surface area contributed by atoms with Crippen molar-refractivity contribution >= 4 is 11.5 Å². The third kappa shape index (κ3) is 3.63. The highest BCUT2D eigenvalue weighted by molar-refractivity contribution is 5.66. The molecule has 2 aliphatic rings. The number of pyridine rings is 1. The SMILES string of the molecule is c1cc(-c2cc3nc(-n4ccc(C5CCNCC5)n4)cc(N4CCOCC4)n3n2)ccn1. The number of fused-ring (bicyclic) bond motifs is 1. The van der Waals surface area contributed by atoms with E-state index in [1.807, 2.05) is 33.6 Å². The normalized spacial score (nSPS) is 17.8. The number of piperidine rings is 1. The first kappa shape index (κ1) is 19.4. The number of anilines is 1. The van der Waals surface area contributed by atoms with Crippen molar-refractivity contribution in [1.82, 2.24) is 34.7 Å². The van der Waals surface area contributed by atoms with Crippen LogP contribution in [-0.4, -0.2) is 68.8 Å². The molecule has 164 valence electrons. The Balaban J connectivity index is 1.43. The van der Waals surface area contributed by atoms with Crippen LogP contribution in [0.3, 0.4) is 0 Å². The highest BCUT2D eigenvalue weighted by atomic mass is 16.5. The largest absolute Gasteiger partial charge is 0.378 e. The first-order chi connectivity index (χ1) is 15.8. The second-order valence-corrected chi connectivity index (χ2v) is 8.32. The highest BCUT2D eigenvalue weighted by Gasteiger charge is 2.21. The Labute approximate surface area is 186 Å². The molecule has 0 bridgehead atoms. The maximum absolute atomic E-state index is 5.58. The van der Waals surface area contributed by atoms with Crippen molar-refractivity contribution < 1.29 is 4.74 Å². The minimum atomic E-state index is 0.508. The van der Waals surface area contributed by atoms with E-state index in [-0.39, 0.29) is 0 Å². The van der Waals surface area contributed by atoms with Gasteiger partial charge in [0.25, 0.3) is 0 Å². The van der Waals surface area contributed by atoms with Crippen LogP contribution < -0.4 is 10.2 Å². The Bertz CT molecular complexity index is 1210. The fourth-order valence-corrected chi connectivity index (χ4v) is 4.55. The molecule has 2 aliphatic heterocycles. The van der Waals surface area contributed by atoms with Gasteiger partial charge in [-0.2, -0.15) is 14.7 Å². The molecule has 6 rings (SSSR count). The summed E-state index contributed by atoms with van der Waals surface area (Å²) in [7, 11) is 0. The molecule has 0 atom stereocenters. The van der Waals surface area contributed by atoms with E-state index in [1.165, 1.54) is 0 Å². The molecule has 0 saturated carbocycles. The van der Waals surface area contributed by atoms with E-state index in [2.05, 4.69) is 27.3 Å². The Morgan fingerprint density at radius 1 is 0.969 bits per heavy atom. The predicted molar refractivity (Wildman–Crippen MR) is 121 cm³/mol. The second kappa shape index (κ2) is 8.33. The van der Waals surface area contributed by atoms with Crippen LogP contribution >= 0.6 is 0 Å². The van der Waals surface area contributed by atoms with Crippen LogP contribution in [-0.2, 0) is 4.74 Å². The topological polar surface area (TPSA) is 85.4 Å². The lowest BCUT2D eigenvalue weighted by Crippen LogP contribution is -2.37. The van der Waals surface area contributed by atoms with E-state index in [4.69, 9.17) is 19.9 Å². The first-order valence-corrected chi connectivity index (χ1v) is 11.3. The Hall–Kier alpha value is -3.30.